The first kappa shape index (κ1) is 20.0. The molecule has 2 N–H and O–H groups in total. The fourth-order valence-corrected chi connectivity index (χ4v) is 3.74. The Morgan fingerprint density at radius 3 is 2.80 bits per heavy atom. The standard InChI is InChI=1S/C24H28N6/c1-18(24-21(16-27-29-24)6-5-20-4-3-11-25-15-20)28-23-8-7-22(26-17-23)14-19-9-12-30(2)13-10-19/h3-8,11,15-17,19,28H,1,9-10,12-14H2,2H3,(H,27,29)/b6-5+. The maximum atomic E-state index is 4.66. The maximum Gasteiger partial charge on any atom is 0.0878 e. The monoisotopic (exact) mass is 400 g/mol. The first-order valence-electron chi connectivity index (χ1n) is 10.4. The summed E-state index contributed by atoms with van der Waals surface area (Å²) in [6.45, 7) is 6.54. The molecule has 0 unspecified atom stereocenters. The summed E-state index contributed by atoms with van der Waals surface area (Å²) in [4.78, 5) is 11.2. The zero-order valence-electron chi connectivity index (χ0n) is 17.4. The van der Waals surface area contributed by atoms with Crippen LogP contribution in [0.25, 0.3) is 17.8 Å². The Hall–Kier alpha value is -3.25. The van der Waals surface area contributed by atoms with Crippen LogP contribution in [0.3, 0.4) is 0 Å². The molecule has 1 aliphatic heterocycles. The summed E-state index contributed by atoms with van der Waals surface area (Å²) in [5.41, 5.74) is 5.68. The largest absolute Gasteiger partial charge is 0.353 e. The molecule has 1 saturated heterocycles. The van der Waals surface area contributed by atoms with E-state index in [0.717, 1.165) is 46.2 Å². The molecule has 30 heavy (non-hydrogen) atoms. The highest BCUT2D eigenvalue weighted by atomic mass is 15.1. The molecular weight excluding hydrogens is 372 g/mol. The summed E-state index contributed by atoms with van der Waals surface area (Å²) in [6.07, 6.45) is 14.8. The lowest BCUT2D eigenvalue weighted by molar-refractivity contribution is 0.218. The Balaban J connectivity index is 1.36. The van der Waals surface area contributed by atoms with Crippen LogP contribution in [0.1, 0.15) is 35.4 Å². The van der Waals surface area contributed by atoms with E-state index in [4.69, 9.17) is 0 Å². The van der Waals surface area contributed by atoms with Crippen LogP contribution < -0.4 is 5.32 Å². The summed E-state index contributed by atoms with van der Waals surface area (Å²) in [5.74, 6) is 0.738. The zero-order valence-corrected chi connectivity index (χ0v) is 17.4. The molecule has 0 aromatic carbocycles. The van der Waals surface area contributed by atoms with Gasteiger partial charge in [-0.05, 0) is 69.1 Å². The van der Waals surface area contributed by atoms with Gasteiger partial charge in [-0.25, -0.2) is 0 Å². The second kappa shape index (κ2) is 9.50. The average molecular weight is 401 g/mol. The molecule has 3 aromatic heterocycles. The first-order chi connectivity index (χ1) is 14.7. The molecule has 6 nitrogen and oxygen atoms in total. The Morgan fingerprint density at radius 1 is 1.20 bits per heavy atom. The number of hydrogen-bond acceptors (Lipinski definition) is 5. The van der Waals surface area contributed by atoms with E-state index in [-0.39, 0.29) is 0 Å². The average Bonchev–Trinajstić information content (AvgIpc) is 3.25. The van der Waals surface area contributed by atoms with Crippen molar-refractivity contribution in [3.63, 3.8) is 0 Å². The Morgan fingerprint density at radius 2 is 2.07 bits per heavy atom. The van der Waals surface area contributed by atoms with E-state index in [1.54, 1.807) is 12.4 Å². The van der Waals surface area contributed by atoms with E-state index in [1.807, 2.05) is 36.7 Å². The van der Waals surface area contributed by atoms with Crippen molar-refractivity contribution in [3.8, 4) is 0 Å². The topological polar surface area (TPSA) is 69.7 Å². The SMILES string of the molecule is C=C(Nc1ccc(CC2CCN(C)CC2)nc1)c1[nH]ncc1/C=C/c1cccnc1. The molecule has 154 valence electrons. The van der Waals surface area contributed by atoms with Crippen molar-refractivity contribution in [3.05, 3.63) is 78.1 Å². The predicted molar refractivity (Wildman–Crippen MR) is 123 cm³/mol. The van der Waals surface area contributed by atoms with Crippen LogP contribution in [0.2, 0.25) is 0 Å². The van der Waals surface area contributed by atoms with Gasteiger partial charge in [-0.3, -0.25) is 15.1 Å². The van der Waals surface area contributed by atoms with E-state index < -0.39 is 0 Å². The van der Waals surface area contributed by atoms with Gasteiger partial charge < -0.3 is 10.2 Å². The highest BCUT2D eigenvalue weighted by Gasteiger charge is 2.17. The molecule has 0 radical (unpaired) electrons. The summed E-state index contributed by atoms with van der Waals surface area (Å²) >= 11 is 0. The Kier molecular flexibility index (Phi) is 6.35. The number of hydrogen-bond donors (Lipinski definition) is 2. The molecule has 0 aliphatic carbocycles. The molecule has 6 heteroatoms. The number of aromatic amines is 1. The molecule has 1 aliphatic rings. The Labute approximate surface area is 177 Å². The summed E-state index contributed by atoms with van der Waals surface area (Å²) in [6, 6.07) is 8.11. The number of nitrogens with zero attached hydrogens (tertiary/aromatic N) is 4. The zero-order chi connectivity index (χ0) is 20.8. The van der Waals surface area contributed by atoms with Crippen molar-refractivity contribution in [1.82, 2.24) is 25.1 Å². The Bertz CT molecular complexity index is 982. The number of rotatable bonds is 7. The number of aromatic nitrogens is 4. The summed E-state index contributed by atoms with van der Waals surface area (Å²) in [7, 11) is 2.20. The van der Waals surface area contributed by atoms with Gasteiger partial charge in [-0.15, -0.1) is 0 Å². The van der Waals surface area contributed by atoms with Gasteiger partial charge in [0.05, 0.1) is 29.5 Å². The van der Waals surface area contributed by atoms with Gasteiger partial charge in [0.1, 0.15) is 0 Å². The number of nitrogens with one attached hydrogen (secondary N) is 2. The third-order valence-electron chi connectivity index (χ3n) is 5.57. The van der Waals surface area contributed by atoms with Crippen molar-refractivity contribution < 1.29 is 0 Å². The summed E-state index contributed by atoms with van der Waals surface area (Å²) < 4.78 is 0. The minimum absolute atomic E-state index is 0.738. The van der Waals surface area contributed by atoms with Crippen LogP contribution >= 0.6 is 0 Å². The molecule has 1 fully saturated rings. The molecule has 0 atom stereocenters. The molecular formula is C24H28N6. The van der Waals surface area contributed by atoms with E-state index in [2.05, 4.69) is 56.1 Å². The number of H-pyrrole nitrogens is 1. The number of piperidine rings is 1. The van der Waals surface area contributed by atoms with Crippen molar-refractivity contribution in [1.29, 1.82) is 0 Å². The lowest BCUT2D eigenvalue weighted by atomic mass is 9.92. The molecule has 4 rings (SSSR count). The van der Waals surface area contributed by atoms with Crippen LogP contribution in [0.5, 0.6) is 0 Å². The van der Waals surface area contributed by atoms with Gasteiger partial charge in [0.25, 0.3) is 0 Å². The number of pyridine rings is 2. The quantitative estimate of drug-likeness (QED) is 0.617. The lowest BCUT2D eigenvalue weighted by Gasteiger charge is -2.28. The van der Waals surface area contributed by atoms with Crippen LogP contribution in [0.4, 0.5) is 5.69 Å². The first-order valence-corrected chi connectivity index (χ1v) is 10.4. The van der Waals surface area contributed by atoms with Crippen LogP contribution in [-0.2, 0) is 6.42 Å². The van der Waals surface area contributed by atoms with Gasteiger partial charge in [0, 0.05) is 23.7 Å². The molecule has 0 bridgehead atoms. The van der Waals surface area contributed by atoms with Crippen molar-refractivity contribution in [2.24, 2.45) is 5.92 Å². The van der Waals surface area contributed by atoms with Crippen molar-refractivity contribution >= 4 is 23.5 Å². The molecule has 0 spiro atoms. The van der Waals surface area contributed by atoms with Crippen molar-refractivity contribution in [2.45, 2.75) is 19.3 Å². The van der Waals surface area contributed by atoms with E-state index in [1.165, 1.54) is 25.9 Å². The van der Waals surface area contributed by atoms with E-state index in [0.29, 0.717) is 0 Å². The fraction of sp³-hybridized carbons (Fsp3) is 0.292. The van der Waals surface area contributed by atoms with Gasteiger partial charge in [-0.1, -0.05) is 24.8 Å². The molecule has 4 heterocycles. The van der Waals surface area contributed by atoms with Gasteiger partial charge in [0.2, 0.25) is 0 Å². The smallest absolute Gasteiger partial charge is 0.0878 e. The number of anilines is 1. The third kappa shape index (κ3) is 5.21. The minimum Gasteiger partial charge on any atom is -0.353 e. The normalized spacial score (nSPS) is 15.5. The van der Waals surface area contributed by atoms with Crippen LogP contribution in [0.15, 0.2) is 55.6 Å². The minimum atomic E-state index is 0.738. The highest BCUT2D eigenvalue weighted by Crippen LogP contribution is 2.22. The van der Waals surface area contributed by atoms with E-state index >= 15 is 0 Å². The van der Waals surface area contributed by atoms with Gasteiger partial charge >= 0.3 is 0 Å². The van der Waals surface area contributed by atoms with E-state index in [9.17, 15) is 0 Å². The molecule has 0 saturated carbocycles. The van der Waals surface area contributed by atoms with Gasteiger partial charge in [-0.2, -0.15) is 5.10 Å². The molecule has 3 aromatic rings. The predicted octanol–water partition coefficient (Wildman–Crippen LogP) is 4.34. The molecule has 0 amide bonds. The fourth-order valence-electron chi connectivity index (χ4n) is 3.74. The maximum absolute atomic E-state index is 4.66. The third-order valence-corrected chi connectivity index (χ3v) is 5.57. The number of likely N-dealkylation sites (tertiary alicyclic amines) is 1. The van der Waals surface area contributed by atoms with Crippen molar-refractivity contribution in [2.75, 3.05) is 25.5 Å². The lowest BCUT2D eigenvalue weighted by Crippen LogP contribution is -2.31. The van der Waals surface area contributed by atoms with Crippen LogP contribution in [-0.4, -0.2) is 45.2 Å². The second-order valence-electron chi connectivity index (χ2n) is 7.91. The van der Waals surface area contributed by atoms with Crippen LogP contribution in [0, 0.1) is 5.92 Å². The highest BCUT2D eigenvalue weighted by molar-refractivity contribution is 5.81. The summed E-state index contributed by atoms with van der Waals surface area (Å²) in [5, 5.41) is 10.5. The second-order valence-corrected chi connectivity index (χ2v) is 7.91. The van der Waals surface area contributed by atoms with Gasteiger partial charge in [0.15, 0.2) is 0 Å².